The number of halogens is 2. The number of carbonyl (C=O) groups excluding carboxylic acids is 1. The molecule has 5 nitrogen and oxygen atoms in total. The number of carbonyl (C=O) groups is 1. The van der Waals surface area contributed by atoms with Gasteiger partial charge in [-0.25, -0.2) is 12.8 Å². The van der Waals surface area contributed by atoms with Crippen LogP contribution in [0.3, 0.4) is 0 Å². The van der Waals surface area contributed by atoms with Crippen molar-refractivity contribution in [1.82, 2.24) is 5.32 Å². The summed E-state index contributed by atoms with van der Waals surface area (Å²) in [5.74, 6) is -0.689. The topological polar surface area (TPSA) is 66.5 Å². The van der Waals surface area contributed by atoms with Crippen molar-refractivity contribution in [2.75, 3.05) is 17.4 Å². The van der Waals surface area contributed by atoms with Crippen LogP contribution in [0.2, 0.25) is 0 Å². The highest BCUT2D eigenvalue weighted by Gasteiger charge is 2.26. The second kappa shape index (κ2) is 10.5. The molecular formula is C23H22BrFN2O3S. The molecule has 0 unspecified atom stereocenters. The predicted molar refractivity (Wildman–Crippen MR) is 123 cm³/mol. The minimum Gasteiger partial charge on any atom is -0.355 e. The molecule has 0 aliphatic carbocycles. The van der Waals surface area contributed by atoms with Crippen molar-refractivity contribution in [2.45, 2.75) is 17.7 Å². The van der Waals surface area contributed by atoms with Crippen LogP contribution in [0.1, 0.15) is 12.0 Å². The van der Waals surface area contributed by atoms with E-state index in [1.54, 1.807) is 54.6 Å². The minimum atomic E-state index is -3.92. The highest BCUT2D eigenvalue weighted by atomic mass is 79.9. The smallest absolute Gasteiger partial charge is 0.264 e. The van der Waals surface area contributed by atoms with Crippen LogP contribution in [0.5, 0.6) is 0 Å². The quantitative estimate of drug-likeness (QED) is 0.435. The number of benzene rings is 3. The first kappa shape index (κ1) is 23.0. The highest BCUT2D eigenvalue weighted by molar-refractivity contribution is 9.10. The number of anilines is 1. The van der Waals surface area contributed by atoms with Crippen molar-refractivity contribution in [3.05, 3.63) is 94.7 Å². The number of nitrogens with zero attached hydrogens (tertiary/aromatic N) is 1. The van der Waals surface area contributed by atoms with Gasteiger partial charge in [0.2, 0.25) is 5.91 Å². The molecule has 1 N–H and O–H groups in total. The summed E-state index contributed by atoms with van der Waals surface area (Å²) in [6.07, 6.45) is 1.33. The van der Waals surface area contributed by atoms with Crippen molar-refractivity contribution in [2.24, 2.45) is 0 Å². The summed E-state index contributed by atoms with van der Waals surface area (Å²) in [7, 11) is -3.92. The van der Waals surface area contributed by atoms with E-state index in [9.17, 15) is 17.6 Å². The molecule has 3 aromatic rings. The van der Waals surface area contributed by atoms with Crippen LogP contribution in [0.25, 0.3) is 0 Å². The van der Waals surface area contributed by atoms with E-state index in [-0.39, 0.29) is 17.3 Å². The second-order valence-corrected chi connectivity index (χ2v) is 9.66. The van der Waals surface area contributed by atoms with Gasteiger partial charge in [-0.15, -0.1) is 0 Å². The van der Waals surface area contributed by atoms with Gasteiger partial charge in [0.05, 0.1) is 10.6 Å². The van der Waals surface area contributed by atoms with Gasteiger partial charge < -0.3 is 5.32 Å². The predicted octanol–water partition coefficient (Wildman–Crippen LogP) is 4.53. The standard InChI is InChI=1S/C23H22BrFN2O3S/c24-19-10-14-21(15-11-19)27(31(29,30)22-6-2-1-3-7-22)17-23(28)26-16-4-5-18-8-12-20(25)13-9-18/h1-3,6-15H,4-5,16-17H2,(H,26,28). The molecule has 0 bridgehead atoms. The number of aryl methyl sites for hydroxylation is 1. The molecule has 0 radical (unpaired) electrons. The zero-order valence-electron chi connectivity index (χ0n) is 16.7. The van der Waals surface area contributed by atoms with Crippen molar-refractivity contribution >= 4 is 37.5 Å². The third-order valence-corrected chi connectivity index (χ3v) is 6.93. The van der Waals surface area contributed by atoms with Crippen LogP contribution in [-0.4, -0.2) is 27.4 Å². The Kier molecular flexibility index (Phi) is 7.81. The van der Waals surface area contributed by atoms with Gasteiger partial charge in [0.15, 0.2) is 0 Å². The number of amides is 1. The van der Waals surface area contributed by atoms with Gasteiger partial charge in [0.25, 0.3) is 10.0 Å². The zero-order chi connectivity index (χ0) is 22.3. The number of hydrogen-bond donors (Lipinski definition) is 1. The van der Waals surface area contributed by atoms with Crippen molar-refractivity contribution in [3.8, 4) is 0 Å². The maximum Gasteiger partial charge on any atom is 0.264 e. The van der Waals surface area contributed by atoms with Crippen molar-refractivity contribution in [3.63, 3.8) is 0 Å². The second-order valence-electron chi connectivity index (χ2n) is 6.88. The number of hydrogen-bond acceptors (Lipinski definition) is 3. The molecule has 0 saturated heterocycles. The van der Waals surface area contributed by atoms with Crippen LogP contribution in [0.4, 0.5) is 10.1 Å². The third-order valence-electron chi connectivity index (χ3n) is 4.61. The van der Waals surface area contributed by atoms with E-state index >= 15 is 0 Å². The maximum absolute atomic E-state index is 13.2. The van der Waals surface area contributed by atoms with E-state index in [0.29, 0.717) is 25.1 Å². The highest BCUT2D eigenvalue weighted by Crippen LogP contribution is 2.25. The Balaban J connectivity index is 1.67. The summed E-state index contributed by atoms with van der Waals surface area (Å²) in [5, 5.41) is 2.77. The fourth-order valence-electron chi connectivity index (χ4n) is 3.00. The molecule has 3 aromatic carbocycles. The van der Waals surface area contributed by atoms with Crippen LogP contribution in [0.15, 0.2) is 88.2 Å². The molecule has 0 aliphatic rings. The fraction of sp³-hybridized carbons (Fsp3) is 0.174. The molecular weight excluding hydrogens is 483 g/mol. The van der Waals surface area contributed by atoms with Crippen LogP contribution in [0, 0.1) is 5.82 Å². The van der Waals surface area contributed by atoms with Crippen molar-refractivity contribution in [1.29, 1.82) is 0 Å². The van der Waals surface area contributed by atoms with Gasteiger partial charge in [-0.1, -0.05) is 46.3 Å². The average Bonchev–Trinajstić information content (AvgIpc) is 2.77. The van der Waals surface area contributed by atoms with Gasteiger partial charge in [-0.05, 0) is 66.9 Å². The molecule has 0 aromatic heterocycles. The Bertz CT molecular complexity index is 1110. The van der Waals surface area contributed by atoms with Gasteiger partial charge in [-0.2, -0.15) is 0 Å². The zero-order valence-corrected chi connectivity index (χ0v) is 19.1. The van der Waals surface area contributed by atoms with E-state index in [1.165, 1.54) is 24.3 Å². The van der Waals surface area contributed by atoms with E-state index in [4.69, 9.17) is 0 Å². The molecule has 3 rings (SSSR count). The Morgan fingerprint density at radius 2 is 1.58 bits per heavy atom. The largest absolute Gasteiger partial charge is 0.355 e. The number of sulfonamides is 1. The fourth-order valence-corrected chi connectivity index (χ4v) is 4.71. The molecule has 0 spiro atoms. The summed E-state index contributed by atoms with van der Waals surface area (Å²) in [5.41, 5.74) is 1.37. The van der Waals surface area contributed by atoms with Gasteiger partial charge in [-0.3, -0.25) is 9.10 Å². The summed E-state index contributed by atoms with van der Waals surface area (Å²) >= 11 is 3.34. The van der Waals surface area contributed by atoms with E-state index in [2.05, 4.69) is 21.2 Å². The lowest BCUT2D eigenvalue weighted by Crippen LogP contribution is -2.41. The lowest BCUT2D eigenvalue weighted by Gasteiger charge is -2.24. The lowest BCUT2D eigenvalue weighted by molar-refractivity contribution is -0.119. The monoisotopic (exact) mass is 504 g/mol. The molecule has 0 heterocycles. The third kappa shape index (κ3) is 6.38. The molecule has 0 saturated carbocycles. The van der Waals surface area contributed by atoms with Gasteiger partial charge >= 0.3 is 0 Å². The summed E-state index contributed by atoms with van der Waals surface area (Å²) < 4.78 is 41.3. The maximum atomic E-state index is 13.2. The molecule has 0 aliphatic heterocycles. The minimum absolute atomic E-state index is 0.113. The number of rotatable bonds is 9. The van der Waals surface area contributed by atoms with Crippen LogP contribution < -0.4 is 9.62 Å². The molecule has 0 atom stereocenters. The summed E-state index contributed by atoms with van der Waals surface area (Å²) in [4.78, 5) is 12.7. The summed E-state index contributed by atoms with van der Waals surface area (Å²) in [6, 6.07) is 21.0. The SMILES string of the molecule is O=C(CN(c1ccc(Br)cc1)S(=O)(=O)c1ccccc1)NCCCc1ccc(F)cc1. The Labute approximate surface area is 190 Å². The Morgan fingerprint density at radius 1 is 0.935 bits per heavy atom. The average molecular weight is 505 g/mol. The molecule has 0 fully saturated rings. The first-order valence-corrected chi connectivity index (χ1v) is 11.9. The van der Waals surface area contributed by atoms with Crippen molar-refractivity contribution < 1.29 is 17.6 Å². The molecule has 31 heavy (non-hydrogen) atoms. The Morgan fingerprint density at radius 3 is 2.23 bits per heavy atom. The Hall–Kier alpha value is -2.71. The normalized spacial score (nSPS) is 11.2. The first-order chi connectivity index (χ1) is 14.9. The molecule has 8 heteroatoms. The van der Waals surface area contributed by atoms with Gasteiger partial charge in [0, 0.05) is 11.0 Å². The van der Waals surface area contributed by atoms with E-state index < -0.39 is 15.9 Å². The summed E-state index contributed by atoms with van der Waals surface area (Å²) in [6.45, 7) is 0.0468. The number of nitrogens with one attached hydrogen (secondary N) is 1. The lowest BCUT2D eigenvalue weighted by atomic mass is 10.1. The van der Waals surface area contributed by atoms with Gasteiger partial charge in [0.1, 0.15) is 12.4 Å². The molecule has 162 valence electrons. The molecule has 1 amide bonds. The van der Waals surface area contributed by atoms with E-state index in [0.717, 1.165) is 14.3 Å². The van der Waals surface area contributed by atoms with Crippen LogP contribution in [-0.2, 0) is 21.2 Å². The van der Waals surface area contributed by atoms with E-state index in [1.807, 2.05) is 0 Å². The van der Waals surface area contributed by atoms with Crippen LogP contribution >= 0.6 is 15.9 Å². The first-order valence-electron chi connectivity index (χ1n) is 9.71.